The van der Waals surface area contributed by atoms with Crippen molar-refractivity contribution in [2.45, 2.75) is 45.6 Å². The minimum absolute atomic E-state index is 0.435. The monoisotopic (exact) mass is 167 g/mol. The molecule has 1 heteroatoms. The smallest absolute Gasteiger partial charge is 0.00415 e. The third-order valence-corrected chi connectivity index (χ3v) is 4.24. The average molecular weight is 167 g/mol. The van der Waals surface area contributed by atoms with Gasteiger partial charge in [-0.3, -0.25) is 0 Å². The van der Waals surface area contributed by atoms with Crippen molar-refractivity contribution in [3.63, 3.8) is 0 Å². The molecule has 1 nitrogen and oxygen atoms in total. The standard InChI is InChI=1S/C11H21N/c1-7-5-10-4-3-9(7)6-11(10)8(2)12/h7-11H,3-6,12H2,1-2H3/t7-,8?,9?,10?,11?/m1/s1. The molecule has 0 amide bonds. The topological polar surface area (TPSA) is 26.0 Å². The summed E-state index contributed by atoms with van der Waals surface area (Å²) in [6.07, 6.45) is 5.82. The second kappa shape index (κ2) is 3.02. The summed E-state index contributed by atoms with van der Waals surface area (Å²) in [6, 6.07) is 0.435. The van der Waals surface area contributed by atoms with Crippen LogP contribution in [0.4, 0.5) is 0 Å². The summed E-state index contributed by atoms with van der Waals surface area (Å²) in [7, 11) is 0. The van der Waals surface area contributed by atoms with Gasteiger partial charge in [0.1, 0.15) is 0 Å². The molecule has 0 aliphatic heterocycles. The van der Waals surface area contributed by atoms with Gasteiger partial charge >= 0.3 is 0 Å². The van der Waals surface area contributed by atoms with Crippen molar-refractivity contribution in [2.75, 3.05) is 0 Å². The van der Waals surface area contributed by atoms with Crippen molar-refractivity contribution < 1.29 is 0 Å². The third-order valence-electron chi connectivity index (χ3n) is 4.24. The molecular formula is C11H21N. The van der Waals surface area contributed by atoms with Gasteiger partial charge < -0.3 is 5.73 Å². The zero-order valence-corrected chi connectivity index (χ0v) is 8.29. The van der Waals surface area contributed by atoms with Crippen LogP contribution in [0.15, 0.2) is 0 Å². The number of rotatable bonds is 1. The lowest BCUT2D eigenvalue weighted by atomic mass is 9.59. The minimum Gasteiger partial charge on any atom is -0.328 e. The normalized spacial score (nSPS) is 49.2. The Hall–Kier alpha value is -0.0400. The third kappa shape index (κ3) is 1.28. The van der Waals surface area contributed by atoms with Crippen LogP contribution in [0.2, 0.25) is 0 Å². The summed E-state index contributed by atoms with van der Waals surface area (Å²) in [5.74, 6) is 3.80. The van der Waals surface area contributed by atoms with Gasteiger partial charge in [-0.2, -0.15) is 0 Å². The lowest BCUT2D eigenvalue weighted by molar-refractivity contribution is 0.0391. The molecule has 0 radical (unpaired) electrons. The Kier molecular flexibility index (Phi) is 2.16. The Morgan fingerprint density at radius 2 is 1.83 bits per heavy atom. The highest BCUT2D eigenvalue weighted by atomic mass is 14.7. The van der Waals surface area contributed by atoms with Crippen molar-refractivity contribution in [3.05, 3.63) is 0 Å². The highest BCUT2D eigenvalue weighted by Crippen LogP contribution is 2.48. The van der Waals surface area contributed by atoms with Crippen LogP contribution >= 0.6 is 0 Å². The first kappa shape index (κ1) is 8.55. The van der Waals surface area contributed by atoms with Crippen LogP contribution in [0.25, 0.3) is 0 Å². The quantitative estimate of drug-likeness (QED) is 0.637. The Balaban J connectivity index is 2.05. The van der Waals surface area contributed by atoms with E-state index in [2.05, 4.69) is 13.8 Å². The van der Waals surface area contributed by atoms with Gasteiger partial charge in [0.15, 0.2) is 0 Å². The molecule has 0 saturated heterocycles. The molecule has 0 aromatic rings. The molecule has 3 aliphatic carbocycles. The van der Waals surface area contributed by atoms with Gasteiger partial charge in [0.25, 0.3) is 0 Å². The minimum atomic E-state index is 0.435. The molecule has 0 aromatic heterocycles. The highest BCUT2D eigenvalue weighted by Gasteiger charge is 2.40. The fraction of sp³-hybridized carbons (Fsp3) is 1.00. The number of hydrogen-bond donors (Lipinski definition) is 1. The molecule has 3 aliphatic rings. The van der Waals surface area contributed by atoms with Gasteiger partial charge in [0.05, 0.1) is 0 Å². The van der Waals surface area contributed by atoms with Gasteiger partial charge in [0, 0.05) is 6.04 Å². The molecule has 3 fully saturated rings. The van der Waals surface area contributed by atoms with Crippen molar-refractivity contribution in [1.29, 1.82) is 0 Å². The first-order chi connectivity index (χ1) is 5.68. The Bertz CT molecular complexity index is 164. The van der Waals surface area contributed by atoms with E-state index in [9.17, 15) is 0 Å². The second-order valence-electron chi connectivity index (χ2n) is 5.07. The highest BCUT2D eigenvalue weighted by molar-refractivity contribution is 4.92. The van der Waals surface area contributed by atoms with E-state index in [4.69, 9.17) is 5.73 Å². The zero-order chi connectivity index (χ0) is 8.72. The van der Waals surface area contributed by atoms with E-state index in [0.29, 0.717) is 6.04 Å². The fourth-order valence-electron chi connectivity index (χ4n) is 3.43. The van der Waals surface area contributed by atoms with Gasteiger partial charge in [-0.1, -0.05) is 6.92 Å². The molecule has 12 heavy (non-hydrogen) atoms. The molecule has 70 valence electrons. The first-order valence-corrected chi connectivity index (χ1v) is 5.44. The van der Waals surface area contributed by atoms with Crippen LogP contribution in [0.1, 0.15) is 39.5 Å². The summed E-state index contributed by atoms with van der Waals surface area (Å²) in [5.41, 5.74) is 6.00. The number of nitrogens with two attached hydrogens (primary N) is 1. The van der Waals surface area contributed by atoms with Crippen molar-refractivity contribution >= 4 is 0 Å². The number of hydrogen-bond acceptors (Lipinski definition) is 1. The molecule has 3 rings (SSSR count). The average Bonchev–Trinajstić information content (AvgIpc) is 2.04. The zero-order valence-electron chi connectivity index (χ0n) is 8.29. The van der Waals surface area contributed by atoms with E-state index in [0.717, 1.165) is 23.7 Å². The predicted octanol–water partition coefficient (Wildman–Crippen LogP) is 2.41. The molecule has 0 heterocycles. The first-order valence-electron chi connectivity index (χ1n) is 5.44. The molecule has 3 saturated carbocycles. The van der Waals surface area contributed by atoms with Gasteiger partial charge in [-0.05, 0) is 56.3 Å². The van der Waals surface area contributed by atoms with Crippen LogP contribution in [0.5, 0.6) is 0 Å². The van der Waals surface area contributed by atoms with Crippen LogP contribution in [0.3, 0.4) is 0 Å². The van der Waals surface area contributed by atoms with E-state index in [1.807, 2.05) is 0 Å². The predicted molar refractivity (Wildman–Crippen MR) is 51.8 cm³/mol. The van der Waals surface area contributed by atoms with E-state index in [1.165, 1.54) is 25.7 Å². The lowest BCUT2D eigenvalue weighted by Crippen LogP contribution is -2.43. The Morgan fingerprint density at radius 1 is 1.17 bits per heavy atom. The van der Waals surface area contributed by atoms with E-state index >= 15 is 0 Å². The number of fused-ring (bicyclic) bond motifs is 3. The molecule has 2 N–H and O–H groups in total. The fourth-order valence-corrected chi connectivity index (χ4v) is 3.43. The van der Waals surface area contributed by atoms with Gasteiger partial charge in [-0.25, -0.2) is 0 Å². The summed E-state index contributed by atoms with van der Waals surface area (Å²) in [5, 5.41) is 0. The van der Waals surface area contributed by atoms with Crippen LogP contribution < -0.4 is 5.73 Å². The Morgan fingerprint density at radius 3 is 2.25 bits per heavy atom. The molecule has 0 spiro atoms. The van der Waals surface area contributed by atoms with Crippen LogP contribution in [-0.2, 0) is 0 Å². The van der Waals surface area contributed by atoms with Crippen LogP contribution in [0, 0.1) is 23.7 Å². The maximum Gasteiger partial charge on any atom is 0.00415 e. The maximum absolute atomic E-state index is 6.00. The van der Waals surface area contributed by atoms with Crippen molar-refractivity contribution in [3.8, 4) is 0 Å². The van der Waals surface area contributed by atoms with Gasteiger partial charge in [0.2, 0.25) is 0 Å². The summed E-state index contributed by atoms with van der Waals surface area (Å²) < 4.78 is 0. The molecule has 5 atom stereocenters. The summed E-state index contributed by atoms with van der Waals surface area (Å²) in [4.78, 5) is 0. The molecular weight excluding hydrogens is 146 g/mol. The van der Waals surface area contributed by atoms with E-state index in [1.54, 1.807) is 0 Å². The maximum atomic E-state index is 6.00. The van der Waals surface area contributed by atoms with E-state index in [-0.39, 0.29) is 0 Å². The summed E-state index contributed by atoms with van der Waals surface area (Å²) >= 11 is 0. The molecule has 2 bridgehead atoms. The largest absolute Gasteiger partial charge is 0.328 e. The van der Waals surface area contributed by atoms with E-state index < -0.39 is 0 Å². The van der Waals surface area contributed by atoms with Crippen molar-refractivity contribution in [2.24, 2.45) is 29.4 Å². The Labute approximate surface area is 75.7 Å². The molecule has 4 unspecified atom stereocenters. The van der Waals surface area contributed by atoms with Crippen molar-refractivity contribution in [1.82, 2.24) is 0 Å². The SMILES string of the molecule is CC(N)C1CC2CCC1C[C@H]2C. The van der Waals surface area contributed by atoms with Gasteiger partial charge in [-0.15, -0.1) is 0 Å². The molecule has 0 aromatic carbocycles. The lowest BCUT2D eigenvalue weighted by Gasteiger charge is -2.47. The summed E-state index contributed by atoms with van der Waals surface area (Å²) in [6.45, 7) is 4.62. The second-order valence-corrected chi connectivity index (χ2v) is 5.07. The van der Waals surface area contributed by atoms with Crippen LogP contribution in [-0.4, -0.2) is 6.04 Å².